The van der Waals surface area contributed by atoms with E-state index in [2.05, 4.69) is 4.98 Å². The van der Waals surface area contributed by atoms with Crippen molar-refractivity contribution in [2.24, 2.45) is 5.73 Å². The molecule has 2 rings (SSSR count). The molecule has 0 aliphatic carbocycles. The van der Waals surface area contributed by atoms with Crippen molar-refractivity contribution in [2.45, 2.75) is 13.0 Å². The molecule has 1 aromatic carbocycles. The first-order valence-corrected chi connectivity index (χ1v) is 5.78. The van der Waals surface area contributed by atoms with Crippen molar-refractivity contribution in [3.05, 3.63) is 53.9 Å². The number of para-hydroxylation sites is 1. The van der Waals surface area contributed by atoms with Crippen LogP contribution in [0.3, 0.4) is 0 Å². The molecule has 0 saturated heterocycles. The predicted octanol–water partition coefficient (Wildman–Crippen LogP) is 2.03. The Bertz CT molecular complexity index is 579. The first-order valence-electron chi connectivity index (χ1n) is 5.78. The van der Waals surface area contributed by atoms with Gasteiger partial charge in [0, 0.05) is 0 Å². The van der Waals surface area contributed by atoms with Crippen LogP contribution in [0.25, 0.3) is 0 Å². The molecule has 0 fully saturated rings. The number of aliphatic hydroxyl groups excluding tert-OH is 1. The maximum atomic E-state index is 11.2. The van der Waals surface area contributed by atoms with Crippen molar-refractivity contribution in [3.63, 3.8) is 0 Å². The van der Waals surface area contributed by atoms with Gasteiger partial charge < -0.3 is 15.6 Å². The summed E-state index contributed by atoms with van der Waals surface area (Å²) in [6, 6.07) is 10.0. The second-order valence-corrected chi connectivity index (χ2v) is 4.06. The summed E-state index contributed by atoms with van der Waals surface area (Å²) in [6.07, 6.45) is 0.853. The Kier molecular flexibility index (Phi) is 3.77. The lowest BCUT2D eigenvalue weighted by Crippen LogP contribution is -2.12. The molecule has 5 heteroatoms. The monoisotopic (exact) mass is 258 g/mol. The molecule has 0 saturated carbocycles. The molecule has 1 atom stereocenters. The van der Waals surface area contributed by atoms with Gasteiger partial charge in [-0.05, 0) is 31.2 Å². The predicted molar refractivity (Wildman–Crippen MR) is 69.9 cm³/mol. The average molecular weight is 258 g/mol. The highest BCUT2D eigenvalue weighted by Gasteiger charge is 2.09. The van der Waals surface area contributed by atoms with Gasteiger partial charge in [-0.15, -0.1) is 0 Å². The fourth-order valence-electron chi connectivity index (χ4n) is 1.59. The van der Waals surface area contributed by atoms with Gasteiger partial charge in [0.2, 0.25) is 0 Å². The van der Waals surface area contributed by atoms with Gasteiger partial charge in [-0.25, -0.2) is 0 Å². The summed E-state index contributed by atoms with van der Waals surface area (Å²) in [5, 5.41) is 9.36. The molecule has 0 aliphatic heterocycles. The zero-order valence-electron chi connectivity index (χ0n) is 10.4. The van der Waals surface area contributed by atoms with Crippen LogP contribution < -0.4 is 10.5 Å². The first kappa shape index (κ1) is 13.0. The summed E-state index contributed by atoms with van der Waals surface area (Å²) >= 11 is 0. The lowest BCUT2D eigenvalue weighted by Gasteiger charge is -2.09. The number of ether oxygens (including phenoxy) is 1. The molecule has 0 aliphatic rings. The Labute approximate surface area is 110 Å². The number of hydrogen-bond acceptors (Lipinski definition) is 4. The van der Waals surface area contributed by atoms with E-state index in [1.165, 1.54) is 6.20 Å². The molecule has 0 spiro atoms. The minimum absolute atomic E-state index is 0.308. The van der Waals surface area contributed by atoms with Crippen LogP contribution in [0.2, 0.25) is 0 Å². The van der Waals surface area contributed by atoms with E-state index in [0.29, 0.717) is 22.8 Å². The van der Waals surface area contributed by atoms with Gasteiger partial charge in [0.05, 0.1) is 23.6 Å². The highest BCUT2D eigenvalue weighted by molar-refractivity contribution is 5.95. The number of aliphatic hydroxyl groups is 1. The molecule has 1 heterocycles. The van der Waals surface area contributed by atoms with E-state index >= 15 is 0 Å². The van der Waals surface area contributed by atoms with Crippen molar-refractivity contribution < 1.29 is 14.6 Å². The van der Waals surface area contributed by atoms with Crippen LogP contribution in [0, 0.1) is 0 Å². The molecule has 5 nitrogen and oxygen atoms in total. The zero-order chi connectivity index (χ0) is 13.8. The third-order valence-electron chi connectivity index (χ3n) is 2.57. The molecular formula is C14H14N2O3. The maximum absolute atomic E-state index is 11.2. The molecule has 1 amide bonds. The van der Waals surface area contributed by atoms with E-state index in [1.807, 2.05) is 0 Å². The number of benzene rings is 1. The van der Waals surface area contributed by atoms with Crippen molar-refractivity contribution >= 4 is 5.91 Å². The van der Waals surface area contributed by atoms with Gasteiger partial charge in [0.25, 0.3) is 5.91 Å². The number of aromatic nitrogens is 1. The smallest absolute Gasteiger partial charge is 0.252 e. The van der Waals surface area contributed by atoms with Gasteiger partial charge >= 0.3 is 0 Å². The second-order valence-electron chi connectivity index (χ2n) is 4.06. The fourth-order valence-corrected chi connectivity index (χ4v) is 1.59. The number of primary amides is 1. The number of pyridine rings is 1. The van der Waals surface area contributed by atoms with Crippen LogP contribution in [-0.2, 0) is 0 Å². The van der Waals surface area contributed by atoms with Gasteiger partial charge in [-0.3, -0.25) is 9.78 Å². The minimum atomic E-state index is -0.632. The van der Waals surface area contributed by atoms with Gasteiger partial charge in [0.15, 0.2) is 0 Å². The van der Waals surface area contributed by atoms with Crippen LogP contribution in [0.15, 0.2) is 42.6 Å². The van der Waals surface area contributed by atoms with Crippen LogP contribution in [0.5, 0.6) is 11.5 Å². The van der Waals surface area contributed by atoms with Gasteiger partial charge in [0.1, 0.15) is 11.5 Å². The van der Waals surface area contributed by atoms with Gasteiger partial charge in [-0.1, -0.05) is 12.1 Å². The quantitative estimate of drug-likeness (QED) is 0.878. The highest BCUT2D eigenvalue weighted by Crippen LogP contribution is 2.25. The Hall–Kier alpha value is -2.40. The number of carbonyl (C=O) groups is 1. The van der Waals surface area contributed by atoms with E-state index < -0.39 is 12.0 Å². The summed E-state index contributed by atoms with van der Waals surface area (Å²) in [6.45, 7) is 1.63. The molecular weight excluding hydrogens is 244 g/mol. The van der Waals surface area contributed by atoms with Crippen molar-refractivity contribution in [1.29, 1.82) is 0 Å². The maximum Gasteiger partial charge on any atom is 0.252 e. The van der Waals surface area contributed by atoms with Crippen molar-refractivity contribution in [2.75, 3.05) is 0 Å². The first-order chi connectivity index (χ1) is 9.08. The van der Waals surface area contributed by atoms with E-state index in [-0.39, 0.29) is 0 Å². The number of hydrogen-bond donors (Lipinski definition) is 2. The summed E-state index contributed by atoms with van der Waals surface area (Å²) in [7, 11) is 0. The Morgan fingerprint density at radius 2 is 2.05 bits per heavy atom. The third-order valence-corrected chi connectivity index (χ3v) is 2.57. The fraction of sp³-hybridized carbons (Fsp3) is 0.143. The highest BCUT2D eigenvalue weighted by atomic mass is 16.5. The van der Waals surface area contributed by atoms with Crippen LogP contribution in [0.1, 0.15) is 29.1 Å². The van der Waals surface area contributed by atoms with E-state index in [9.17, 15) is 9.90 Å². The number of carbonyl (C=O) groups excluding carboxylic acids is 1. The number of nitrogens with zero attached hydrogens (tertiary/aromatic N) is 1. The molecule has 0 radical (unpaired) electrons. The molecule has 0 bridgehead atoms. The third kappa shape index (κ3) is 3.08. The van der Waals surface area contributed by atoms with Crippen molar-refractivity contribution in [1.82, 2.24) is 4.98 Å². The van der Waals surface area contributed by atoms with E-state index in [4.69, 9.17) is 10.5 Å². The molecule has 19 heavy (non-hydrogen) atoms. The SMILES string of the molecule is CC(O)c1ccc(Oc2ccccc2C(N)=O)cn1. The molecule has 98 valence electrons. The Morgan fingerprint density at radius 3 is 2.63 bits per heavy atom. The standard InChI is InChI=1S/C14H14N2O3/c1-9(17)12-7-6-10(8-16-12)19-13-5-3-2-4-11(13)14(15)18/h2-9,17H,1H3,(H2,15,18). The molecule has 2 aromatic rings. The molecule has 1 unspecified atom stereocenters. The van der Waals surface area contributed by atoms with Crippen LogP contribution in [0.4, 0.5) is 0 Å². The second kappa shape index (κ2) is 5.49. The zero-order valence-corrected chi connectivity index (χ0v) is 10.4. The van der Waals surface area contributed by atoms with E-state index in [1.54, 1.807) is 43.3 Å². The topological polar surface area (TPSA) is 85.4 Å². The number of amides is 1. The van der Waals surface area contributed by atoms with Crippen LogP contribution in [-0.4, -0.2) is 16.0 Å². The van der Waals surface area contributed by atoms with E-state index in [0.717, 1.165) is 0 Å². The average Bonchev–Trinajstić information content (AvgIpc) is 2.39. The Balaban J connectivity index is 2.24. The molecule has 3 N–H and O–H groups in total. The largest absolute Gasteiger partial charge is 0.455 e. The normalized spacial score (nSPS) is 11.9. The molecule has 1 aromatic heterocycles. The van der Waals surface area contributed by atoms with Gasteiger partial charge in [-0.2, -0.15) is 0 Å². The lowest BCUT2D eigenvalue weighted by molar-refractivity contribution is 0.0998. The van der Waals surface area contributed by atoms with Crippen LogP contribution >= 0.6 is 0 Å². The summed E-state index contributed by atoms with van der Waals surface area (Å²) in [5.74, 6) is 0.295. The summed E-state index contributed by atoms with van der Waals surface area (Å²) in [4.78, 5) is 15.3. The summed E-state index contributed by atoms with van der Waals surface area (Å²) < 4.78 is 5.56. The lowest BCUT2D eigenvalue weighted by atomic mass is 10.2. The summed E-state index contributed by atoms with van der Waals surface area (Å²) in [5.41, 5.74) is 6.12. The minimum Gasteiger partial charge on any atom is -0.455 e. The Morgan fingerprint density at radius 1 is 1.32 bits per heavy atom. The number of rotatable bonds is 4. The number of nitrogens with two attached hydrogens (primary N) is 1. The van der Waals surface area contributed by atoms with Crippen molar-refractivity contribution in [3.8, 4) is 11.5 Å².